The minimum Gasteiger partial charge on any atom is -0.490 e. The molecule has 1 N–H and O–H groups in total. The maximum absolute atomic E-state index is 12.9. The zero-order valence-corrected chi connectivity index (χ0v) is 20.2. The van der Waals surface area contributed by atoms with Crippen LogP contribution in [-0.4, -0.2) is 48.1 Å². The summed E-state index contributed by atoms with van der Waals surface area (Å²) < 4.78 is 19.0. The van der Waals surface area contributed by atoms with Gasteiger partial charge in [-0.1, -0.05) is 43.8 Å². The topological polar surface area (TPSA) is 74.6 Å². The Morgan fingerprint density at radius 2 is 1.97 bits per heavy atom. The number of thioether (sulfide) groups is 1. The fraction of sp³-hybridized carbons (Fsp3) is 0.440. The van der Waals surface area contributed by atoms with Crippen LogP contribution in [0.2, 0.25) is 0 Å². The van der Waals surface area contributed by atoms with E-state index < -0.39 is 0 Å². The second-order valence-corrected chi connectivity index (χ2v) is 9.30. The summed E-state index contributed by atoms with van der Waals surface area (Å²) in [5, 5.41) is 4.02. The number of ether oxygens (including phenoxy) is 3. The van der Waals surface area contributed by atoms with Gasteiger partial charge in [-0.25, -0.2) is 4.98 Å². The van der Waals surface area contributed by atoms with E-state index >= 15 is 0 Å². The second-order valence-electron chi connectivity index (χ2n) is 8.36. The lowest BCUT2D eigenvalue weighted by Crippen LogP contribution is -2.33. The molecule has 1 aliphatic rings. The van der Waals surface area contributed by atoms with Gasteiger partial charge in [0.15, 0.2) is 16.7 Å². The van der Waals surface area contributed by atoms with Crippen molar-refractivity contribution in [2.45, 2.75) is 38.0 Å². The van der Waals surface area contributed by atoms with Crippen molar-refractivity contribution in [2.24, 2.45) is 5.92 Å². The Labute approximate surface area is 198 Å². The van der Waals surface area contributed by atoms with E-state index in [0.29, 0.717) is 26.4 Å². The predicted octanol–water partition coefficient (Wildman–Crippen LogP) is 4.45. The third kappa shape index (κ3) is 5.62. The van der Waals surface area contributed by atoms with E-state index in [2.05, 4.69) is 23.7 Å². The quantitative estimate of drug-likeness (QED) is 0.467. The van der Waals surface area contributed by atoms with Crippen molar-refractivity contribution in [3.05, 3.63) is 48.0 Å². The normalized spacial score (nSPS) is 14.3. The number of aromatic nitrogens is 2. The average molecular weight is 470 g/mol. The molecule has 8 heteroatoms. The molecule has 0 saturated carbocycles. The van der Waals surface area contributed by atoms with Gasteiger partial charge >= 0.3 is 0 Å². The van der Waals surface area contributed by atoms with Gasteiger partial charge in [-0.05, 0) is 35.7 Å². The highest BCUT2D eigenvalue weighted by Crippen LogP contribution is 2.34. The van der Waals surface area contributed by atoms with Crippen LogP contribution >= 0.6 is 11.8 Å². The summed E-state index contributed by atoms with van der Waals surface area (Å²) in [7, 11) is 1.69. The molecule has 1 aromatic heterocycles. The summed E-state index contributed by atoms with van der Waals surface area (Å²) in [6, 6.07) is 13.8. The van der Waals surface area contributed by atoms with Gasteiger partial charge in [0.2, 0.25) is 5.91 Å². The van der Waals surface area contributed by atoms with Gasteiger partial charge in [-0.15, -0.1) is 0 Å². The fourth-order valence-corrected chi connectivity index (χ4v) is 4.77. The SMILES string of the molecule is COCCn1c(SCC(=O)NC(c2ccc3c(c2)OCCCO3)C(C)C)nc2ccccc21. The molecule has 1 amide bonds. The number of fused-ring (bicyclic) bond motifs is 2. The molecule has 0 radical (unpaired) electrons. The highest BCUT2D eigenvalue weighted by molar-refractivity contribution is 7.99. The number of benzene rings is 2. The highest BCUT2D eigenvalue weighted by atomic mass is 32.2. The third-order valence-electron chi connectivity index (χ3n) is 5.58. The van der Waals surface area contributed by atoms with Gasteiger partial charge < -0.3 is 24.1 Å². The van der Waals surface area contributed by atoms with Gasteiger partial charge in [0.25, 0.3) is 0 Å². The molecule has 2 aromatic carbocycles. The molecule has 33 heavy (non-hydrogen) atoms. The molecule has 0 aliphatic carbocycles. The van der Waals surface area contributed by atoms with Crippen molar-refractivity contribution < 1.29 is 19.0 Å². The van der Waals surface area contributed by atoms with Crippen molar-refractivity contribution >= 4 is 28.7 Å². The number of hydrogen-bond acceptors (Lipinski definition) is 6. The molecule has 1 atom stereocenters. The molecule has 0 spiro atoms. The first kappa shape index (κ1) is 23.4. The standard InChI is InChI=1S/C25H31N3O4S/c1-17(2)24(18-9-10-21-22(15-18)32-13-6-12-31-21)27-23(29)16-33-25-26-19-7-4-5-8-20(19)28(25)11-14-30-3/h4-5,7-10,15,17,24H,6,11-14,16H2,1-3H3,(H,27,29). The van der Waals surface area contributed by atoms with Crippen LogP contribution in [0.1, 0.15) is 31.9 Å². The van der Waals surface area contributed by atoms with Gasteiger partial charge in [-0.2, -0.15) is 0 Å². The number of imidazole rings is 1. The zero-order chi connectivity index (χ0) is 23.2. The van der Waals surface area contributed by atoms with Crippen LogP contribution in [0.25, 0.3) is 11.0 Å². The molecule has 176 valence electrons. The minimum absolute atomic E-state index is 0.0313. The molecule has 0 fully saturated rings. The Balaban J connectivity index is 1.46. The number of rotatable bonds is 9. The number of carbonyl (C=O) groups is 1. The molecule has 7 nitrogen and oxygen atoms in total. The maximum atomic E-state index is 12.9. The van der Waals surface area contributed by atoms with E-state index in [1.807, 2.05) is 42.5 Å². The molecule has 0 bridgehead atoms. The number of methoxy groups -OCH3 is 1. The summed E-state index contributed by atoms with van der Waals surface area (Å²) in [6.45, 7) is 6.77. The van der Waals surface area contributed by atoms with E-state index in [1.165, 1.54) is 11.8 Å². The zero-order valence-electron chi connectivity index (χ0n) is 19.4. The summed E-state index contributed by atoms with van der Waals surface area (Å²) in [5.74, 6) is 1.97. The number of carbonyl (C=O) groups excluding carboxylic acids is 1. The Kier molecular flexibility index (Phi) is 7.77. The summed E-state index contributed by atoms with van der Waals surface area (Å²) in [4.78, 5) is 17.7. The van der Waals surface area contributed by atoms with Crippen molar-refractivity contribution in [3.8, 4) is 11.5 Å². The van der Waals surface area contributed by atoms with Crippen LogP contribution in [-0.2, 0) is 16.1 Å². The highest BCUT2D eigenvalue weighted by Gasteiger charge is 2.22. The van der Waals surface area contributed by atoms with E-state index in [4.69, 9.17) is 19.2 Å². The van der Waals surface area contributed by atoms with Crippen molar-refractivity contribution in [1.29, 1.82) is 0 Å². The van der Waals surface area contributed by atoms with Crippen LogP contribution in [0.3, 0.4) is 0 Å². The van der Waals surface area contributed by atoms with Gasteiger partial charge in [0, 0.05) is 20.1 Å². The van der Waals surface area contributed by atoms with Crippen LogP contribution in [0.4, 0.5) is 0 Å². The van der Waals surface area contributed by atoms with Crippen molar-refractivity contribution in [2.75, 3.05) is 32.7 Å². The van der Waals surface area contributed by atoms with E-state index in [1.54, 1.807) is 7.11 Å². The average Bonchev–Trinajstić information content (AvgIpc) is 2.99. The lowest BCUT2D eigenvalue weighted by molar-refractivity contribution is -0.119. The van der Waals surface area contributed by atoms with E-state index in [9.17, 15) is 4.79 Å². The van der Waals surface area contributed by atoms with Gasteiger partial charge in [0.05, 0.1) is 42.6 Å². The van der Waals surface area contributed by atoms with Crippen LogP contribution in [0.5, 0.6) is 11.5 Å². The molecular formula is C25H31N3O4S. The second kappa shape index (κ2) is 10.9. The molecule has 1 unspecified atom stereocenters. The minimum atomic E-state index is -0.123. The Morgan fingerprint density at radius 1 is 1.18 bits per heavy atom. The molecule has 3 aromatic rings. The number of amides is 1. The van der Waals surface area contributed by atoms with Crippen molar-refractivity contribution in [3.63, 3.8) is 0 Å². The van der Waals surface area contributed by atoms with Crippen LogP contribution < -0.4 is 14.8 Å². The first-order valence-electron chi connectivity index (χ1n) is 11.3. The van der Waals surface area contributed by atoms with Crippen molar-refractivity contribution in [1.82, 2.24) is 14.9 Å². The summed E-state index contributed by atoms with van der Waals surface area (Å²) in [6.07, 6.45) is 0.862. The van der Waals surface area contributed by atoms with Gasteiger partial charge in [0.1, 0.15) is 0 Å². The number of nitrogens with one attached hydrogen (secondary N) is 1. The monoisotopic (exact) mass is 469 g/mol. The van der Waals surface area contributed by atoms with Crippen LogP contribution in [0.15, 0.2) is 47.6 Å². The lowest BCUT2D eigenvalue weighted by Gasteiger charge is -2.24. The third-order valence-corrected chi connectivity index (χ3v) is 6.56. The summed E-state index contributed by atoms with van der Waals surface area (Å²) >= 11 is 1.45. The van der Waals surface area contributed by atoms with Gasteiger partial charge in [-0.3, -0.25) is 4.79 Å². The summed E-state index contributed by atoms with van der Waals surface area (Å²) in [5.41, 5.74) is 2.98. The Bertz CT molecular complexity index is 1100. The Morgan fingerprint density at radius 3 is 2.76 bits per heavy atom. The molecule has 4 rings (SSSR count). The Hall–Kier alpha value is -2.71. The first-order valence-corrected chi connectivity index (χ1v) is 12.3. The number of hydrogen-bond donors (Lipinski definition) is 1. The molecule has 1 aliphatic heterocycles. The maximum Gasteiger partial charge on any atom is 0.230 e. The predicted molar refractivity (Wildman–Crippen MR) is 130 cm³/mol. The fourth-order valence-electron chi connectivity index (χ4n) is 3.92. The van der Waals surface area contributed by atoms with E-state index in [0.717, 1.165) is 39.7 Å². The lowest BCUT2D eigenvalue weighted by atomic mass is 9.95. The molecule has 2 heterocycles. The van der Waals surface area contributed by atoms with E-state index in [-0.39, 0.29) is 23.6 Å². The molecule has 0 saturated heterocycles. The number of para-hydroxylation sites is 2. The molecular weight excluding hydrogens is 438 g/mol. The van der Waals surface area contributed by atoms with Crippen LogP contribution in [0, 0.1) is 5.92 Å². The first-order chi connectivity index (χ1) is 16.1. The largest absolute Gasteiger partial charge is 0.490 e. The number of nitrogens with zero attached hydrogens (tertiary/aromatic N) is 2. The smallest absolute Gasteiger partial charge is 0.230 e.